The maximum Gasteiger partial charge on any atom is 0.0178 e. The lowest BCUT2D eigenvalue weighted by Gasteiger charge is -2.49. The standard InChI is InChI=1S/C14H18BrN/c1-16-10-14(8-13(9-14)5-6-13)11-3-2-4-12(15)7-11/h2-4,7,16H,5-6,8-10H2,1H3. The van der Waals surface area contributed by atoms with Gasteiger partial charge in [0.25, 0.3) is 0 Å². The molecule has 1 spiro atoms. The smallest absolute Gasteiger partial charge is 0.0178 e. The Morgan fingerprint density at radius 3 is 2.62 bits per heavy atom. The Bertz CT molecular complexity index is 401. The minimum Gasteiger partial charge on any atom is -0.319 e. The van der Waals surface area contributed by atoms with Gasteiger partial charge in [-0.15, -0.1) is 0 Å². The predicted molar refractivity (Wildman–Crippen MR) is 70.6 cm³/mol. The van der Waals surface area contributed by atoms with E-state index in [9.17, 15) is 0 Å². The van der Waals surface area contributed by atoms with Crippen LogP contribution in [-0.4, -0.2) is 13.6 Å². The fourth-order valence-corrected chi connectivity index (χ4v) is 3.90. The van der Waals surface area contributed by atoms with Crippen LogP contribution < -0.4 is 5.32 Å². The van der Waals surface area contributed by atoms with Crippen LogP contribution in [0.4, 0.5) is 0 Å². The van der Waals surface area contributed by atoms with Gasteiger partial charge < -0.3 is 5.32 Å². The van der Waals surface area contributed by atoms with Crippen LogP contribution in [0, 0.1) is 5.41 Å². The lowest BCUT2D eigenvalue weighted by molar-refractivity contribution is 0.118. The van der Waals surface area contributed by atoms with E-state index in [2.05, 4.69) is 52.6 Å². The highest BCUT2D eigenvalue weighted by Crippen LogP contribution is 2.68. The number of likely N-dealkylation sites (N-methyl/N-ethyl adjacent to an activating group) is 1. The number of benzene rings is 1. The van der Waals surface area contributed by atoms with Crippen LogP contribution in [0.2, 0.25) is 0 Å². The first kappa shape index (κ1) is 10.8. The molecule has 1 N–H and O–H groups in total. The fourth-order valence-electron chi connectivity index (χ4n) is 3.50. The van der Waals surface area contributed by atoms with Crippen LogP contribution in [0.25, 0.3) is 0 Å². The molecule has 2 heteroatoms. The van der Waals surface area contributed by atoms with Crippen molar-refractivity contribution >= 4 is 15.9 Å². The second-order valence-electron chi connectivity index (χ2n) is 5.67. The van der Waals surface area contributed by atoms with Gasteiger partial charge in [-0.1, -0.05) is 28.1 Å². The summed E-state index contributed by atoms with van der Waals surface area (Å²) < 4.78 is 1.21. The lowest BCUT2D eigenvalue weighted by atomic mass is 9.56. The third-order valence-corrected chi connectivity index (χ3v) is 4.83. The molecule has 0 heterocycles. The summed E-state index contributed by atoms with van der Waals surface area (Å²) >= 11 is 3.58. The van der Waals surface area contributed by atoms with Gasteiger partial charge in [-0.2, -0.15) is 0 Å². The SMILES string of the molecule is CNCC1(c2cccc(Br)c2)CC2(CC2)C1. The van der Waals surface area contributed by atoms with E-state index < -0.39 is 0 Å². The molecule has 86 valence electrons. The number of hydrogen-bond donors (Lipinski definition) is 1. The molecule has 2 aliphatic rings. The van der Waals surface area contributed by atoms with E-state index in [1.54, 1.807) is 0 Å². The van der Waals surface area contributed by atoms with Crippen LogP contribution in [0.15, 0.2) is 28.7 Å². The van der Waals surface area contributed by atoms with Gasteiger partial charge >= 0.3 is 0 Å². The van der Waals surface area contributed by atoms with Crippen molar-refractivity contribution in [2.24, 2.45) is 5.41 Å². The second-order valence-corrected chi connectivity index (χ2v) is 6.59. The van der Waals surface area contributed by atoms with Gasteiger partial charge in [0.2, 0.25) is 0 Å². The number of hydrogen-bond acceptors (Lipinski definition) is 1. The van der Waals surface area contributed by atoms with Gasteiger partial charge in [0.15, 0.2) is 0 Å². The van der Waals surface area contributed by atoms with Gasteiger partial charge in [-0.05, 0) is 55.8 Å². The molecule has 2 saturated carbocycles. The Labute approximate surface area is 106 Å². The molecule has 3 rings (SSSR count). The second kappa shape index (κ2) is 3.58. The van der Waals surface area contributed by atoms with E-state index in [-0.39, 0.29) is 0 Å². The molecule has 16 heavy (non-hydrogen) atoms. The summed E-state index contributed by atoms with van der Waals surface area (Å²) in [4.78, 5) is 0. The largest absolute Gasteiger partial charge is 0.319 e. The molecule has 1 nitrogen and oxygen atoms in total. The Morgan fingerprint density at radius 2 is 2.06 bits per heavy atom. The van der Waals surface area contributed by atoms with E-state index in [1.165, 1.54) is 35.7 Å². The Morgan fingerprint density at radius 1 is 1.31 bits per heavy atom. The molecule has 0 atom stereocenters. The van der Waals surface area contributed by atoms with Gasteiger partial charge in [-0.25, -0.2) is 0 Å². The zero-order valence-corrected chi connectivity index (χ0v) is 11.3. The molecule has 2 fully saturated rings. The summed E-state index contributed by atoms with van der Waals surface area (Å²) in [6.45, 7) is 1.12. The van der Waals surface area contributed by atoms with E-state index >= 15 is 0 Å². The topological polar surface area (TPSA) is 12.0 Å². The molecule has 0 unspecified atom stereocenters. The lowest BCUT2D eigenvalue weighted by Crippen LogP contribution is -2.49. The molecule has 0 bridgehead atoms. The van der Waals surface area contributed by atoms with Gasteiger partial charge in [0.1, 0.15) is 0 Å². The van der Waals surface area contributed by atoms with Gasteiger partial charge in [0.05, 0.1) is 0 Å². The van der Waals surface area contributed by atoms with Crippen molar-refractivity contribution in [1.29, 1.82) is 0 Å². The minimum atomic E-state index is 0.412. The Hall–Kier alpha value is -0.340. The third kappa shape index (κ3) is 1.63. The van der Waals surface area contributed by atoms with Crippen molar-refractivity contribution in [3.63, 3.8) is 0 Å². The summed E-state index contributed by atoms with van der Waals surface area (Å²) in [6, 6.07) is 8.86. The first-order chi connectivity index (χ1) is 7.68. The first-order valence-corrected chi connectivity index (χ1v) is 6.88. The molecule has 0 radical (unpaired) electrons. The van der Waals surface area contributed by atoms with Crippen LogP contribution in [-0.2, 0) is 5.41 Å². The molecule has 0 aliphatic heterocycles. The summed E-state index contributed by atoms with van der Waals surface area (Å²) in [6.07, 6.45) is 5.70. The van der Waals surface area contributed by atoms with Crippen molar-refractivity contribution in [2.45, 2.75) is 31.1 Å². The predicted octanol–water partition coefficient (Wildman–Crippen LogP) is 3.48. The number of rotatable bonds is 3. The van der Waals surface area contributed by atoms with Gasteiger partial charge in [-0.3, -0.25) is 0 Å². The van der Waals surface area contributed by atoms with Crippen molar-refractivity contribution in [2.75, 3.05) is 13.6 Å². The van der Waals surface area contributed by atoms with Crippen LogP contribution >= 0.6 is 15.9 Å². The van der Waals surface area contributed by atoms with Crippen LogP contribution in [0.1, 0.15) is 31.2 Å². The quantitative estimate of drug-likeness (QED) is 0.893. The average molecular weight is 280 g/mol. The molecule has 2 aliphatic carbocycles. The third-order valence-electron chi connectivity index (χ3n) is 4.34. The summed E-state index contributed by atoms with van der Waals surface area (Å²) in [5.74, 6) is 0. The normalized spacial score (nSPS) is 24.1. The zero-order valence-electron chi connectivity index (χ0n) is 9.72. The Balaban J connectivity index is 1.88. The fraction of sp³-hybridized carbons (Fsp3) is 0.571. The highest BCUT2D eigenvalue weighted by molar-refractivity contribution is 9.10. The highest BCUT2D eigenvalue weighted by atomic mass is 79.9. The van der Waals surface area contributed by atoms with E-state index in [0.717, 1.165) is 12.0 Å². The molecule has 0 amide bonds. The number of halogens is 1. The summed E-state index contributed by atoms with van der Waals surface area (Å²) in [7, 11) is 2.07. The Kier molecular flexibility index (Phi) is 2.41. The maximum atomic E-state index is 3.58. The molecule has 1 aromatic carbocycles. The van der Waals surface area contributed by atoms with Crippen molar-refractivity contribution in [1.82, 2.24) is 5.32 Å². The molecular formula is C14H18BrN. The molecule has 0 aromatic heterocycles. The van der Waals surface area contributed by atoms with Gasteiger partial charge in [0, 0.05) is 16.4 Å². The number of nitrogens with one attached hydrogen (secondary N) is 1. The zero-order chi connectivity index (χ0) is 11.2. The van der Waals surface area contributed by atoms with E-state index in [4.69, 9.17) is 0 Å². The highest BCUT2D eigenvalue weighted by Gasteiger charge is 2.60. The van der Waals surface area contributed by atoms with Crippen LogP contribution in [0.3, 0.4) is 0 Å². The maximum absolute atomic E-state index is 3.58. The first-order valence-electron chi connectivity index (χ1n) is 6.09. The molecule has 0 saturated heterocycles. The minimum absolute atomic E-state index is 0.412. The van der Waals surface area contributed by atoms with E-state index in [1.807, 2.05) is 0 Å². The molecular weight excluding hydrogens is 262 g/mol. The average Bonchev–Trinajstić information content (AvgIpc) is 2.97. The van der Waals surface area contributed by atoms with E-state index in [0.29, 0.717) is 5.41 Å². The molecule has 1 aromatic rings. The van der Waals surface area contributed by atoms with Crippen molar-refractivity contribution in [3.05, 3.63) is 34.3 Å². The monoisotopic (exact) mass is 279 g/mol. The van der Waals surface area contributed by atoms with Crippen molar-refractivity contribution < 1.29 is 0 Å². The van der Waals surface area contributed by atoms with Crippen LogP contribution in [0.5, 0.6) is 0 Å². The summed E-state index contributed by atoms with van der Waals surface area (Å²) in [5, 5.41) is 3.38. The van der Waals surface area contributed by atoms with Crippen molar-refractivity contribution in [3.8, 4) is 0 Å². The summed E-state index contributed by atoms with van der Waals surface area (Å²) in [5.41, 5.74) is 2.67.